The van der Waals surface area contributed by atoms with Gasteiger partial charge in [-0.2, -0.15) is 0 Å². The van der Waals surface area contributed by atoms with Gasteiger partial charge < -0.3 is 10.1 Å². The van der Waals surface area contributed by atoms with Gasteiger partial charge in [-0.3, -0.25) is 4.79 Å². The second-order valence-electron chi connectivity index (χ2n) is 6.91. The van der Waals surface area contributed by atoms with Crippen LogP contribution in [0.3, 0.4) is 0 Å². The Hall–Kier alpha value is -1.63. The first-order valence-corrected chi connectivity index (χ1v) is 10.4. The molecule has 1 heterocycles. The summed E-state index contributed by atoms with van der Waals surface area (Å²) in [6.07, 6.45) is 7.59. The van der Waals surface area contributed by atoms with Crippen molar-refractivity contribution in [2.24, 2.45) is 5.92 Å². The van der Waals surface area contributed by atoms with Gasteiger partial charge in [-0.05, 0) is 43.2 Å². The van der Waals surface area contributed by atoms with Gasteiger partial charge in [0.15, 0.2) is 9.84 Å². The fourth-order valence-corrected chi connectivity index (χ4v) is 4.62. The fraction of sp³-hybridized carbons (Fsp3) is 0.647. The molecule has 132 valence electrons. The highest BCUT2D eigenvalue weighted by molar-refractivity contribution is 7.92. The lowest BCUT2D eigenvalue weighted by Gasteiger charge is -2.25. The van der Waals surface area contributed by atoms with E-state index < -0.39 is 14.6 Å². The molecular formula is C17H24N2O4S. The molecule has 0 atom stereocenters. The number of amides is 1. The molecule has 1 N–H and O–H groups in total. The van der Waals surface area contributed by atoms with Crippen molar-refractivity contribution in [1.82, 2.24) is 10.3 Å². The molecule has 0 spiro atoms. The van der Waals surface area contributed by atoms with Crippen molar-refractivity contribution in [2.45, 2.75) is 49.8 Å². The maximum atomic E-state index is 12.6. The lowest BCUT2D eigenvalue weighted by atomic mass is 10.1. The number of hydrogen-bond donors (Lipinski definition) is 1. The molecular weight excluding hydrogens is 328 g/mol. The molecule has 0 aliphatic heterocycles. The topological polar surface area (TPSA) is 85.4 Å². The van der Waals surface area contributed by atoms with Crippen LogP contribution in [0.1, 0.15) is 44.1 Å². The first-order valence-electron chi connectivity index (χ1n) is 8.46. The minimum atomic E-state index is -3.44. The normalized spacial score (nSPS) is 19.9. The molecule has 1 amide bonds. The van der Waals surface area contributed by atoms with Gasteiger partial charge in [0, 0.05) is 25.1 Å². The summed E-state index contributed by atoms with van der Waals surface area (Å²) in [7, 11) is -3.44. The van der Waals surface area contributed by atoms with Crippen molar-refractivity contribution in [1.29, 1.82) is 0 Å². The lowest BCUT2D eigenvalue weighted by Crippen LogP contribution is -2.49. The zero-order valence-electron chi connectivity index (χ0n) is 14.0. The number of nitrogens with one attached hydrogen (secondary N) is 1. The van der Waals surface area contributed by atoms with E-state index in [4.69, 9.17) is 4.74 Å². The second kappa shape index (κ2) is 6.70. The molecule has 0 bridgehead atoms. The molecule has 0 radical (unpaired) electrons. The van der Waals surface area contributed by atoms with Gasteiger partial charge in [0.2, 0.25) is 11.8 Å². The minimum absolute atomic E-state index is 0.276. The van der Waals surface area contributed by atoms with Gasteiger partial charge in [0.1, 0.15) is 4.75 Å². The molecule has 2 aliphatic carbocycles. The van der Waals surface area contributed by atoms with Crippen LogP contribution in [-0.2, 0) is 21.2 Å². The number of sulfone groups is 1. The van der Waals surface area contributed by atoms with Crippen molar-refractivity contribution in [3.63, 3.8) is 0 Å². The number of ether oxygens (including phenoxy) is 1. The van der Waals surface area contributed by atoms with Gasteiger partial charge in [-0.15, -0.1) is 0 Å². The summed E-state index contributed by atoms with van der Waals surface area (Å²) >= 11 is 0. The maximum absolute atomic E-state index is 12.6. The predicted molar refractivity (Wildman–Crippen MR) is 90.3 cm³/mol. The van der Waals surface area contributed by atoms with Crippen LogP contribution >= 0.6 is 0 Å². The Morgan fingerprint density at radius 2 is 2.08 bits per heavy atom. The Kier molecular flexibility index (Phi) is 4.80. The first-order chi connectivity index (χ1) is 11.4. The third-order valence-electron chi connectivity index (χ3n) is 4.95. The van der Waals surface area contributed by atoms with Crippen molar-refractivity contribution in [3.8, 4) is 5.88 Å². The van der Waals surface area contributed by atoms with Crippen LogP contribution in [0.15, 0.2) is 18.3 Å². The minimum Gasteiger partial charge on any atom is -0.477 e. The van der Waals surface area contributed by atoms with Crippen molar-refractivity contribution in [3.05, 3.63) is 23.9 Å². The van der Waals surface area contributed by atoms with Gasteiger partial charge in [-0.1, -0.05) is 12.8 Å². The third kappa shape index (κ3) is 3.71. The molecule has 0 unspecified atom stereocenters. The number of aromatic nitrogens is 1. The van der Waals surface area contributed by atoms with Crippen molar-refractivity contribution in [2.75, 3.05) is 12.9 Å². The standard InChI is InChI=1S/C17H24N2O4S/c1-24(21,22)17(7-2-3-8-17)16(20)19-11-14-6-9-18-15(10-14)23-12-13-4-5-13/h6,9-10,13H,2-5,7-8,11-12H2,1H3,(H,19,20). The van der Waals surface area contributed by atoms with Crippen LogP contribution in [0.4, 0.5) is 0 Å². The highest BCUT2D eigenvalue weighted by atomic mass is 32.2. The fourth-order valence-electron chi connectivity index (χ4n) is 3.18. The number of pyridine rings is 1. The second-order valence-corrected chi connectivity index (χ2v) is 9.24. The Morgan fingerprint density at radius 3 is 2.71 bits per heavy atom. The van der Waals surface area contributed by atoms with E-state index in [0.717, 1.165) is 24.7 Å². The first kappa shape index (κ1) is 17.2. The summed E-state index contributed by atoms with van der Waals surface area (Å²) in [6.45, 7) is 0.957. The molecule has 6 nitrogen and oxygen atoms in total. The SMILES string of the molecule is CS(=O)(=O)C1(C(=O)NCc2ccnc(OCC3CC3)c2)CCCC1. The van der Waals surface area contributed by atoms with Crippen LogP contribution < -0.4 is 10.1 Å². The zero-order valence-corrected chi connectivity index (χ0v) is 14.8. The Labute approximate surface area is 142 Å². The quantitative estimate of drug-likeness (QED) is 0.809. The maximum Gasteiger partial charge on any atom is 0.241 e. The Bertz CT molecular complexity index is 707. The highest BCUT2D eigenvalue weighted by Crippen LogP contribution is 2.36. The van der Waals surface area contributed by atoms with Crippen molar-refractivity contribution < 1.29 is 17.9 Å². The van der Waals surface area contributed by atoms with Gasteiger partial charge in [0.05, 0.1) is 6.61 Å². The molecule has 1 aromatic rings. The summed E-state index contributed by atoms with van der Waals surface area (Å²) < 4.78 is 28.6. The van der Waals surface area contributed by atoms with Gasteiger partial charge in [0.25, 0.3) is 0 Å². The molecule has 7 heteroatoms. The zero-order chi connectivity index (χ0) is 17.2. The summed E-state index contributed by atoms with van der Waals surface area (Å²) in [5.41, 5.74) is 0.853. The molecule has 2 saturated carbocycles. The van der Waals surface area contributed by atoms with E-state index in [2.05, 4.69) is 10.3 Å². The van der Waals surface area contributed by atoms with E-state index >= 15 is 0 Å². The smallest absolute Gasteiger partial charge is 0.241 e. The molecule has 1 aromatic heterocycles. The third-order valence-corrected chi connectivity index (χ3v) is 6.96. The summed E-state index contributed by atoms with van der Waals surface area (Å²) in [5, 5.41) is 2.79. The number of carbonyl (C=O) groups excluding carboxylic acids is 1. The van der Waals surface area contributed by atoms with Crippen LogP contribution in [0.25, 0.3) is 0 Å². The van der Waals surface area contributed by atoms with E-state index in [0.29, 0.717) is 31.2 Å². The average Bonchev–Trinajstić information content (AvgIpc) is 3.23. The average molecular weight is 352 g/mol. The molecule has 2 fully saturated rings. The number of hydrogen-bond acceptors (Lipinski definition) is 5. The number of rotatable bonds is 7. The van der Waals surface area contributed by atoms with Crippen LogP contribution in [0, 0.1) is 5.92 Å². The Balaban J connectivity index is 1.62. The number of carbonyl (C=O) groups is 1. The molecule has 2 aliphatic rings. The molecule has 0 aromatic carbocycles. The Morgan fingerprint density at radius 1 is 1.38 bits per heavy atom. The van der Waals surface area contributed by atoms with Crippen molar-refractivity contribution >= 4 is 15.7 Å². The summed E-state index contributed by atoms with van der Waals surface area (Å²) in [4.78, 5) is 16.7. The van der Waals surface area contributed by atoms with E-state index in [1.807, 2.05) is 0 Å². The monoisotopic (exact) mass is 352 g/mol. The van der Waals surface area contributed by atoms with Crippen LogP contribution in [0.2, 0.25) is 0 Å². The molecule has 24 heavy (non-hydrogen) atoms. The van der Waals surface area contributed by atoms with Crippen LogP contribution in [-0.4, -0.2) is 36.9 Å². The van der Waals surface area contributed by atoms with Crippen LogP contribution in [0.5, 0.6) is 5.88 Å². The number of nitrogens with zero attached hydrogens (tertiary/aromatic N) is 1. The summed E-state index contributed by atoms with van der Waals surface area (Å²) in [6, 6.07) is 3.59. The van der Waals surface area contributed by atoms with E-state index in [-0.39, 0.29) is 12.5 Å². The molecule has 3 rings (SSSR count). The lowest BCUT2D eigenvalue weighted by molar-refractivity contribution is -0.123. The van der Waals surface area contributed by atoms with Gasteiger partial charge >= 0.3 is 0 Å². The van der Waals surface area contributed by atoms with E-state index in [1.165, 1.54) is 12.8 Å². The highest BCUT2D eigenvalue weighted by Gasteiger charge is 2.49. The van der Waals surface area contributed by atoms with E-state index in [9.17, 15) is 13.2 Å². The molecule has 0 saturated heterocycles. The van der Waals surface area contributed by atoms with Gasteiger partial charge in [-0.25, -0.2) is 13.4 Å². The van der Waals surface area contributed by atoms with E-state index in [1.54, 1.807) is 18.3 Å². The largest absolute Gasteiger partial charge is 0.477 e. The summed E-state index contributed by atoms with van der Waals surface area (Å²) in [5.74, 6) is 0.805. The predicted octanol–water partition coefficient (Wildman–Crippen LogP) is 1.84.